The number of imidazole rings is 1. The number of hydrogen-bond donors (Lipinski definition) is 3. The Kier molecular flexibility index (Phi) is 6.16. The number of hydrogen-bond acceptors (Lipinski definition) is 6. The van der Waals surface area contributed by atoms with Crippen molar-refractivity contribution in [3.8, 4) is 0 Å². The zero-order valence-corrected chi connectivity index (χ0v) is 21.5. The van der Waals surface area contributed by atoms with Gasteiger partial charge in [0.15, 0.2) is 11.1 Å². The van der Waals surface area contributed by atoms with Gasteiger partial charge >= 0.3 is 5.97 Å². The summed E-state index contributed by atoms with van der Waals surface area (Å²) in [5.74, 6) is -0.320. The first-order valence-corrected chi connectivity index (χ1v) is 13.6. The number of aromatic nitrogens is 5. The minimum Gasteiger partial charge on any atom is -0.480 e. The molecule has 1 unspecified atom stereocenters. The van der Waals surface area contributed by atoms with Crippen LogP contribution in [0.1, 0.15) is 73.4 Å². The van der Waals surface area contributed by atoms with Gasteiger partial charge in [-0.15, -0.1) is 0 Å². The number of fused-ring (bicyclic) bond motifs is 1. The molecule has 38 heavy (non-hydrogen) atoms. The van der Waals surface area contributed by atoms with Crippen molar-refractivity contribution in [2.24, 2.45) is 23.2 Å². The average Bonchev–Trinajstić information content (AvgIpc) is 3.83. The second-order valence-electron chi connectivity index (χ2n) is 11.0. The van der Waals surface area contributed by atoms with Crippen LogP contribution in [0.3, 0.4) is 0 Å². The third-order valence-electron chi connectivity index (χ3n) is 8.36. The van der Waals surface area contributed by atoms with Crippen LogP contribution in [-0.4, -0.2) is 53.8 Å². The molecule has 1 aliphatic heterocycles. The van der Waals surface area contributed by atoms with Gasteiger partial charge in [0.05, 0.1) is 23.6 Å². The summed E-state index contributed by atoms with van der Waals surface area (Å²) >= 11 is 0. The van der Waals surface area contributed by atoms with Crippen LogP contribution >= 0.6 is 0 Å². The number of piperidine rings is 1. The molecule has 3 aliphatic rings. The van der Waals surface area contributed by atoms with Crippen LogP contribution in [0.15, 0.2) is 30.6 Å². The molecule has 2 saturated carbocycles. The molecule has 2 atom stereocenters. The molecule has 0 bridgehead atoms. The molecule has 3 aromatic heterocycles. The molecule has 3 fully saturated rings. The first kappa shape index (κ1) is 24.6. The molecule has 3 N–H and O–H groups in total. The standard InChI is InChI=1S/C27H33N7O4/c1-2-33-20(10-13-29-33)24(35)31-23(22(16-4-5-16)17-6-7-17)19-15-34-21(30-19)9-8-18(32-34)14-27(26(37)38)11-3-12-28-25(27)36/h8-10,13,15-17,22-23H,2-7,11-12,14H2,1H3,(H,28,36)(H,31,35)(H,37,38)/t23-,27?/m1/s1. The van der Waals surface area contributed by atoms with E-state index in [4.69, 9.17) is 4.98 Å². The second kappa shape index (κ2) is 9.52. The predicted octanol–water partition coefficient (Wildman–Crippen LogP) is 2.38. The van der Waals surface area contributed by atoms with Crippen molar-refractivity contribution in [1.82, 2.24) is 35.0 Å². The van der Waals surface area contributed by atoms with Crippen molar-refractivity contribution in [2.75, 3.05) is 6.54 Å². The number of nitrogens with zero attached hydrogens (tertiary/aromatic N) is 5. The quantitative estimate of drug-likeness (QED) is 0.349. The van der Waals surface area contributed by atoms with Gasteiger partial charge in [0.1, 0.15) is 5.69 Å². The van der Waals surface area contributed by atoms with Gasteiger partial charge in [-0.1, -0.05) is 0 Å². The van der Waals surface area contributed by atoms with Crippen LogP contribution in [0.2, 0.25) is 0 Å². The lowest BCUT2D eigenvalue weighted by Crippen LogP contribution is -2.52. The summed E-state index contributed by atoms with van der Waals surface area (Å²) in [6.07, 6.45) is 9.02. The fourth-order valence-corrected chi connectivity index (χ4v) is 6.07. The maximum Gasteiger partial charge on any atom is 0.319 e. The lowest BCUT2D eigenvalue weighted by molar-refractivity contribution is -0.158. The van der Waals surface area contributed by atoms with Crippen LogP contribution in [0.25, 0.3) is 5.65 Å². The Hall–Kier alpha value is -3.76. The highest BCUT2D eigenvalue weighted by atomic mass is 16.4. The van der Waals surface area contributed by atoms with Crippen molar-refractivity contribution >= 4 is 23.4 Å². The Bertz CT molecular complexity index is 1380. The molecule has 200 valence electrons. The average molecular weight is 520 g/mol. The van der Waals surface area contributed by atoms with Gasteiger partial charge in [-0.05, 0) is 81.4 Å². The lowest BCUT2D eigenvalue weighted by atomic mass is 9.76. The van der Waals surface area contributed by atoms with Crippen molar-refractivity contribution < 1.29 is 19.5 Å². The van der Waals surface area contributed by atoms with Gasteiger partial charge in [-0.3, -0.25) is 19.1 Å². The van der Waals surface area contributed by atoms with E-state index in [9.17, 15) is 19.5 Å². The number of amides is 2. The predicted molar refractivity (Wildman–Crippen MR) is 136 cm³/mol. The molecule has 11 nitrogen and oxygen atoms in total. The Balaban J connectivity index is 1.32. The van der Waals surface area contributed by atoms with Gasteiger partial charge < -0.3 is 15.7 Å². The smallest absolute Gasteiger partial charge is 0.319 e. The molecule has 11 heteroatoms. The number of carbonyl (C=O) groups excluding carboxylic acids is 2. The second-order valence-corrected chi connectivity index (χ2v) is 11.0. The number of rotatable bonds is 10. The van der Waals surface area contributed by atoms with Gasteiger partial charge in [-0.2, -0.15) is 10.2 Å². The molecule has 6 rings (SSSR count). The monoisotopic (exact) mass is 519 g/mol. The van der Waals surface area contributed by atoms with E-state index >= 15 is 0 Å². The van der Waals surface area contributed by atoms with E-state index in [0.717, 1.165) is 31.4 Å². The van der Waals surface area contributed by atoms with Crippen molar-refractivity contribution in [1.29, 1.82) is 0 Å². The minimum absolute atomic E-state index is 0.00552. The van der Waals surface area contributed by atoms with Gasteiger partial charge in [0.25, 0.3) is 5.91 Å². The topological polar surface area (TPSA) is 144 Å². The first-order valence-electron chi connectivity index (χ1n) is 13.6. The maximum atomic E-state index is 13.4. The first-order chi connectivity index (χ1) is 18.4. The van der Waals surface area contributed by atoms with Crippen molar-refractivity contribution in [2.45, 2.75) is 64.5 Å². The van der Waals surface area contributed by atoms with Gasteiger partial charge in [0.2, 0.25) is 5.91 Å². The maximum absolute atomic E-state index is 13.4. The van der Waals surface area contributed by atoms with E-state index in [1.54, 1.807) is 33.6 Å². The summed E-state index contributed by atoms with van der Waals surface area (Å²) < 4.78 is 3.33. The number of nitrogens with one attached hydrogen (secondary N) is 2. The van der Waals surface area contributed by atoms with Crippen LogP contribution in [0.5, 0.6) is 0 Å². The summed E-state index contributed by atoms with van der Waals surface area (Å²) in [5, 5.41) is 24.8. The zero-order valence-electron chi connectivity index (χ0n) is 21.5. The lowest BCUT2D eigenvalue weighted by Gasteiger charge is -2.31. The fraction of sp³-hybridized carbons (Fsp3) is 0.556. The fourth-order valence-electron chi connectivity index (χ4n) is 6.07. The summed E-state index contributed by atoms with van der Waals surface area (Å²) in [4.78, 5) is 43.0. The van der Waals surface area contributed by atoms with Crippen LogP contribution < -0.4 is 10.6 Å². The molecule has 0 aromatic carbocycles. The summed E-state index contributed by atoms with van der Waals surface area (Å²) in [5.41, 5.74) is 0.873. The molecule has 0 radical (unpaired) electrons. The van der Waals surface area contributed by atoms with Crippen LogP contribution in [0, 0.1) is 23.2 Å². The van der Waals surface area contributed by atoms with Gasteiger partial charge in [0, 0.05) is 25.7 Å². The summed E-state index contributed by atoms with van der Waals surface area (Å²) in [6, 6.07) is 5.01. The number of carboxylic acids is 1. The minimum atomic E-state index is -1.52. The third kappa shape index (κ3) is 4.43. The largest absolute Gasteiger partial charge is 0.480 e. The molecular weight excluding hydrogens is 486 g/mol. The Morgan fingerprint density at radius 3 is 2.63 bits per heavy atom. The number of aliphatic carboxylic acids is 1. The highest BCUT2D eigenvalue weighted by Gasteiger charge is 2.49. The number of carboxylic acid groups (broad SMARTS) is 1. The van der Waals surface area contributed by atoms with E-state index < -0.39 is 17.3 Å². The molecular formula is C27H33N7O4. The summed E-state index contributed by atoms with van der Waals surface area (Å²) in [6.45, 7) is 3.04. The summed E-state index contributed by atoms with van der Waals surface area (Å²) in [7, 11) is 0. The SMILES string of the molecule is CCn1nccc1C(=O)N[C@H](c1cn2nc(CC3(C(=O)O)CCCNC3=O)ccc2n1)C(C1CC1)C1CC1. The third-order valence-corrected chi connectivity index (χ3v) is 8.36. The normalized spacial score (nSPS) is 22.4. The molecule has 0 spiro atoms. The van der Waals surface area contributed by atoms with Crippen LogP contribution in [0.4, 0.5) is 0 Å². The highest BCUT2D eigenvalue weighted by Crippen LogP contribution is 2.54. The zero-order chi connectivity index (χ0) is 26.4. The highest BCUT2D eigenvalue weighted by molar-refractivity contribution is 6.02. The van der Waals surface area contributed by atoms with E-state index in [2.05, 4.69) is 20.8 Å². The van der Waals surface area contributed by atoms with E-state index in [1.807, 2.05) is 13.1 Å². The Morgan fingerprint density at radius 2 is 1.97 bits per heavy atom. The van der Waals surface area contributed by atoms with Crippen molar-refractivity contribution in [3.05, 3.63) is 47.7 Å². The van der Waals surface area contributed by atoms with E-state index in [-0.39, 0.29) is 24.8 Å². The molecule has 2 amide bonds. The Labute approximate surface area is 220 Å². The number of carbonyl (C=O) groups is 3. The Morgan fingerprint density at radius 1 is 1.21 bits per heavy atom. The van der Waals surface area contributed by atoms with Crippen LogP contribution in [-0.2, 0) is 22.6 Å². The van der Waals surface area contributed by atoms with Gasteiger partial charge in [-0.25, -0.2) is 9.50 Å². The number of aryl methyl sites for hydroxylation is 1. The van der Waals surface area contributed by atoms with E-state index in [1.165, 1.54) is 0 Å². The molecule has 1 saturated heterocycles. The molecule has 2 aliphatic carbocycles. The van der Waals surface area contributed by atoms with E-state index in [0.29, 0.717) is 54.3 Å². The molecule has 3 aromatic rings. The van der Waals surface area contributed by atoms with Crippen molar-refractivity contribution in [3.63, 3.8) is 0 Å². The molecule has 4 heterocycles.